The molecule has 0 amide bonds. The molecule has 96 valence electrons. The summed E-state index contributed by atoms with van der Waals surface area (Å²) in [7, 11) is 0. The van der Waals surface area contributed by atoms with Crippen molar-refractivity contribution in [1.29, 1.82) is 5.26 Å². The van der Waals surface area contributed by atoms with Gasteiger partial charge in [-0.15, -0.1) is 0 Å². The summed E-state index contributed by atoms with van der Waals surface area (Å²) >= 11 is 0. The van der Waals surface area contributed by atoms with E-state index in [2.05, 4.69) is 25.1 Å². The third-order valence-electron chi connectivity index (χ3n) is 3.05. The van der Waals surface area contributed by atoms with Crippen LogP contribution in [0, 0.1) is 11.3 Å². The van der Waals surface area contributed by atoms with E-state index in [-0.39, 0.29) is 0 Å². The van der Waals surface area contributed by atoms with Gasteiger partial charge in [0.2, 0.25) is 0 Å². The first-order chi connectivity index (χ1) is 9.31. The molecule has 0 aliphatic carbocycles. The Morgan fingerprint density at radius 3 is 2.53 bits per heavy atom. The van der Waals surface area contributed by atoms with Gasteiger partial charge >= 0.3 is 0 Å². The zero-order chi connectivity index (χ0) is 13.5. The molecule has 0 saturated carbocycles. The van der Waals surface area contributed by atoms with Crippen molar-refractivity contribution >= 4 is 0 Å². The number of rotatable bonds is 5. The van der Waals surface area contributed by atoms with Crippen LogP contribution in [0.4, 0.5) is 0 Å². The molecule has 2 rings (SSSR count). The first-order valence-electron chi connectivity index (χ1n) is 6.52. The molecule has 2 aromatic rings. The summed E-state index contributed by atoms with van der Waals surface area (Å²) in [6.07, 6.45) is 1.87. The molecule has 2 heteroatoms. The van der Waals surface area contributed by atoms with Crippen molar-refractivity contribution in [3.63, 3.8) is 0 Å². The van der Waals surface area contributed by atoms with E-state index in [0.29, 0.717) is 12.2 Å². The fourth-order valence-electron chi connectivity index (χ4n) is 1.89. The number of hydrogen-bond donors (Lipinski definition) is 0. The van der Waals surface area contributed by atoms with E-state index in [1.165, 1.54) is 11.1 Å². The highest BCUT2D eigenvalue weighted by Gasteiger charge is 1.97. The van der Waals surface area contributed by atoms with Crippen molar-refractivity contribution in [2.24, 2.45) is 0 Å². The summed E-state index contributed by atoms with van der Waals surface area (Å²) in [6, 6.07) is 17.9. The third kappa shape index (κ3) is 3.86. The van der Waals surface area contributed by atoms with Crippen LogP contribution in [0.25, 0.3) is 0 Å². The van der Waals surface area contributed by atoms with E-state index in [9.17, 15) is 0 Å². The summed E-state index contributed by atoms with van der Waals surface area (Å²) in [4.78, 5) is 0. The highest BCUT2D eigenvalue weighted by Crippen LogP contribution is 2.14. The molecular formula is C17H17NO. The monoisotopic (exact) mass is 251 g/mol. The van der Waals surface area contributed by atoms with E-state index in [0.717, 1.165) is 18.6 Å². The first-order valence-corrected chi connectivity index (χ1v) is 6.52. The van der Waals surface area contributed by atoms with Gasteiger partial charge in [0.15, 0.2) is 0 Å². The Morgan fingerprint density at radius 2 is 1.84 bits per heavy atom. The minimum atomic E-state index is 0.652. The van der Waals surface area contributed by atoms with Crippen LogP contribution in [0.2, 0.25) is 0 Å². The SMILES string of the molecule is CCc1cccc(OCCc2ccc(C#N)cc2)c1. The Hall–Kier alpha value is -2.27. The highest BCUT2D eigenvalue weighted by molar-refractivity contribution is 5.32. The number of nitrogens with zero attached hydrogens (tertiary/aromatic N) is 1. The largest absolute Gasteiger partial charge is 0.493 e. The molecular weight excluding hydrogens is 234 g/mol. The van der Waals surface area contributed by atoms with Crippen LogP contribution < -0.4 is 4.74 Å². The zero-order valence-electron chi connectivity index (χ0n) is 11.1. The van der Waals surface area contributed by atoms with Crippen LogP contribution in [0.3, 0.4) is 0 Å². The summed E-state index contributed by atoms with van der Waals surface area (Å²) in [5.41, 5.74) is 3.17. The first kappa shape index (κ1) is 13.2. The Morgan fingerprint density at radius 1 is 1.05 bits per heavy atom. The van der Waals surface area contributed by atoms with Crippen molar-refractivity contribution in [2.75, 3.05) is 6.61 Å². The van der Waals surface area contributed by atoms with Crippen molar-refractivity contribution < 1.29 is 4.74 Å². The Bertz CT molecular complexity index is 567. The van der Waals surface area contributed by atoms with Crippen LogP contribution in [-0.4, -0.2) is 6.61 Å². The molecule has 0 saturated heterocycles. The summed E-state index contributed by atoms with van der Waals surface area (Å²) < 4.78 is 5.74. The minimum Gasteiger partial charge on any atom is -0.493 e. The van der Waals surface area contributed by atoms with Gasteiger partial charge in [-0.2, -0.15) is 5.26 Å². The highest BCUT2D eigenvalue weighted by atomic mass is 16.5. The lowest BCUT2D eigenvalue weighted by molar-refractivity contribution is 0.321. The van der Waals surface area contributed by atoms with E-state index < -0.39 is 0 Å². The van der Waals surface area contributed by atoms with Crippen LogP contribution in [0.5, 0.6) is 5.75 Å². The zero-order valence-corrected chi connectivity index (χ0v) is 11.1. The van der Waals surface area contributed by atoms with Crippen molar-refractivity contribution in [1.82, 2.24) is 0 Å². The maximum Gasteiger partial charge on any atom is 0.119 e. The maximum absolute atomic E-state index is 8.73. The molecule has 2 aromatic carbocycles. The van der Waals surface area contributed by atoms with Gasteiger partial charge in [0.1, 0.15) is 5.75 Å². The second kappa shape index (κ2) is 6.61. The summed E-state index contributed by atoms with van der Waals surface area (Å²) in [5, 5.41) is 8.73. The van der Waals surface area contributed by atoms with Gasteiger partial charge in [-0.3, -0.25) is 0 Å². The minimum absolute atomic E-state index is 0.652. The van der Waals surface area contributed by atoms with Crippen molar-refractivity contribution in [3.05, 3.63) is 65.2 Å². The van der Waals surface area contributed by atoms with E-state index in [1.54, 1.807) is 0 Å². The molecule has 0 aromatic heterocycles. The molecule has 0 aliphatic rings. The molecule has 0 unspecified atom stereocenters. The van der Waals surface area contributed by atoms with E-state index in [4.69, 9.17) is 10.00 Å². The second-order valence-electron chi connectivity index (χ2n) is 4.41. The van der Waals surface area contributed by atoms with Crippen LogP contribution >= 0.6 is 0 Å². The van der Waals surface area contributed by atoms with E-state index >= 15 is 0 Å². The van der Waals surface area contributed by atoms with Gasteiger partial charge in [0, 0.05) is 6.42 Å². The molecule has 0 radical (unpaired) electrons. The van der Waals surface area contributed by atoms with Crippen LogP contribution in [0.1, 0.15) is 23.6 Å². The number of nitriles is 1. The van der Waals surface area contributed by atoms with E-state index in [1.807, 2.05) is 36.4 Å². The molecule has 0 N–H and O–H groups in total. The average molecular weight is 251 g/mol. The summed E-state index contributed by atoms with van der Waals surface area (Å²) in [6.45, 7) is 2.79. The predicted octanol–water partition coefficient (Wildman–Crippen LogP) is 3.74. The fraction of sp³-hybridized carbons (Fsp3) is 0.235. The van der Waals surface area contributed by atoms with Crippen molar-refractivity contribution in [3.8, 4) is 11.8 Å². The van der Waals surface area contributed by atoms with Gasteiger partial charge in [-0.05, 0) is 41.8 Å². The molecule has 0 atom stereocenters. The summed E-state index contributed by atoms with van der Waals surface area (Å²) in [5.74, 6) is 0.924. The second-order valence-corrected chi connectivity index (χ2v) is 4.41. The van der Waals surface area contributed by atoms with Gasteiger partial charge in [0.25, 0.3) is 0 Å². The maximum atomic E-state index is 8.73. The molecule has 0 fully saturated rings. The van der Waals surface area contributed by atoms with Crippen LogP contribution in [0.15, 0.2) is 48.5 Å². The normalized spacial score (nSPS) is 9.89. The quantitative estimate of drug-likeness (QED) is 0.811. The number of ether oxygens (including phenoxy) is 1. The van der Waals surface area contributed by atoms with Crippen LogP contribution in [-0.2, 0) is 12.8 Å². The Kier molecular flexibility index (Phi) is 4.58. The molecule has 0 heterocycles. The molecule has 0 spiro atoms. The standard InChI is InChI=1S/C17H17NO/c1-2-14-4-3-5-17(12-14)19-11-10-15-6-8-16(13-18)9-7-15/h3-9,12H,2,10-11H2,1H3. The lowest BCUT2D eigenvalue weighted by atomic mass is 10.1. The van der Waals surface area contributed by atoms with Gasteiger partial charge in [-0.25, -0.2) is 0 Å². The van der Waals surface area contributed by atoms with Gasteiger partial charge in [-0.1, -0.05) is 31.2 Å². The Labute approximate surface area is 114 Å². The third-order valence-corrected chi connectivity index (χ3v) is 3.05. The molecule has 2 nitrogen and oxygen atoms in total. The topological polar surface area (TPSA) is 33.0 Å². The molecule has 19 heavy (non-hydrogen) atoms. The van der Waals surface area contributed by atoms with Gasteiger partial charge in [0.05, 0.1) is 18.2 Å². The smallest absolute Gasteiger partial charge is 0.119 e. The van der Waals surface area contributed by atoms with Gasteiger partial charge < -0.3 is 4.74 Å². The number of aryl methyl sites for hydroxylation is 1. The fourth-order valence-corrected chi connectivity index (χ4v) is 1.89. The number of hydrogen-bond acceptors (Lipinski definition) is 2. The predicted molar refractivity (Wildman–Crippen MR) is 76.2 cm³/mol. The lowest BCUT2D eigenvalue weighted by Gasteiger charge is -2.07. The number of benzene rings is 2. The lowest BCUT2D eigenvalue weighted by Crippen LogP contribution is -2.01. The average Bonchev–Trinajstić information content (AvgIpc) is 2.48. The van der Waals surface area contributed by atoms with Crippen molar-refractivity contribution in [2.45, 2.75) is 19.8 Å². The molecule has 0 bridgehead atoms. The molecule has 0 aliphatic heterocycles. The Balaban J connectivity index is 1.87.